The molecule has 0 fully saturated rings. The summed E-state index contributed by atoms with van der Waals surface area (Å²) in [4.78, 5) is 14.2. The van der Waals surface area contributed by atoms with Crippen LogP contribution in [0.25, 0.3) is 0 Å². The summed E-state index contributed by atoms with van der Waals surface area (Å²) in [6.45, 7) is 2.74. The van der Waals surface area contributed by atoms with Gasteiger partial charge in [0.15, 0.2) is 0 Å². The van der Waals surface area contributed by atoms with E-state index in [0.717, 1.165) is 11.1 Å². The first-order valence-corrected chi connectivity index (χ1v) is 6.03. The molecular weight excluding hydrogens is 242 g/mol. The molecule has 2 aromatic rings. The van der Waals surface area contributed by atoms with Crippen LogP contribution in [0.15, 0.2) is 48.8 Å². The summed E-state index contributed by atoms with van der Waals surface area (Å²) in [7, 11) is 0. The van der Waals surface area contributed by atoms with E-state index in [-0.39, 0.29) is 11.7 Å². The maximum absolute atomic E-state index is 10.6. The number of rotatable bonds is 5. The molecule has 0 radical (unpaired) electrons. The summed E-state index contributed by atoms with van der Waals surface area (Å²) in [5.41, 5.74) is 2.24. The Balaban J connectivity index is 1.96. The van der Waals surface area contributed by atoms with E-state index in [1.54, 1.807) is 18.3 Å². The normalized spacial score (nSPS) is 12.1. The maximum Gasteiger partial charge on any atom is 0.269 e. The van der Waals surface area contributed by atoms with Gasteiger partial charge in [-0.2, -0.15) is 0 Å². The van der Waals surface area contributed by atoms with Crippen molar-refractivity contribution in [1.29, 1.82) is 0 Å². The average molecular weight is 257 g/mol. The van der Waals surface area contributed by atoms with Gasteiger partial charge >= 0.3 is 0 Å². The van der Waals surface area contributed by atoms with Gasteiger partial charge in [-0.25, -0.2) is 0 Å². The second kappa shape index (κ2) is 6.06. The highest BCUT2D eigenvalue weighted by atomic mass is 16.6. The zero-order valence-electron chi connectivity index (χ0n) is 10.6. The fourth-order valence-corrected chi connectivity index (χ4v) is 1.78. The molecule has 0 bridgehead atoms. The molecule has 0 saturated carbocycles. The Morgan fingerprint density at radius 1 is 1.32 bits per heavy atom. The summed E-state index contributed by atoms with van der Waals surface area (Å²) in [5, 5.41) is 13.9. The number of nitro benzene ring substituents is 1. The van der Waals surface area contributed by atoms with Gasteiger partial charge in [-0.15, -0.1) is 0 Å². The van der Waals surface area contributed by atoms with Crippen LogP contribution < -0.4 is 5.32 Å². The molecule has 0 aliphatic rings. The second-order valence-electron chi connectivity index (χ2n) is 4.31. The summed E-state index contributed by atoms with van der Waals surface area (Å²) in [6.07, 6.45) is 3.55. The number of non-ortho nitro benzene ring substituents is 1. The molecule has 1 aromatic heterocycles. The molecule has 1 atom stereocenters. The first-order chi connectivity index (χ1) is 9.16. The third-order valence-electron chi connectivity index (χ3n) is 2.94. The van der Waals surface area contributed by atoms with E-state index in [1.807, 2.05) is 25.3 Å². The summed E-state index contributed by atoms with van der Waals surface area (Å²) >= 11 is 0. The predicted octanol–water partition coefficient (Wildman–Crippen LogP) is 2.84. The lowest BCUT2D eigenvalue weighted by molar-refractivity contribution is -0.384. The number of nitrogens with zero attached hydrogens (tertiary/aromatic N) is 2. The monoisotopic (exact) mass is 257 g/mol. The zero-order chi connectivity index (χ0) is 13.7. The van der Waals surface area contributed by atoms with Crippen molar-refractivity contribution in [1.82, 2.24) is 10.3 Å². The molecule has 0 amide bonds. The van der Waals surface area contributed by atoms with Gasteiger partial charge in [-0.1, -0.05) is 18.2 Å². The van der Waals surface area contributed by atoms with Crippen molar-refractivity contribution in [3.8, 4) is 0 Å². The Bertz CT molecular complexity index is 540. The Labute approximate surface area is 111 Å². The number of nitro groups is 1. The molecule has 0 spiro atoms. The minimum absolute atomic E-state index is 0.114. The SMILES string of the molecule is CC(NCc1cccnc1)c1ccc([N+](=O)[O-])cc1. The van der Waals surface area contributed by atoms with E-state index < -0.39 is 4.92 Å². The molecule has 1 unspecified atom stereocenters. The summed E-state index contributed by atoms with van der Waals surface area (Å²) in [5.74, 6) is 0. The van der Waals surface area contributed by atoms with Gasteiger partial charge in [0, 0.05) is 37.1 Å². The maximum atomic E-state index is 10.6. The Kier molecular flexibility index (Phi) is 4.20. The number of pyridine rings is 1. The standard InChI is InChI=1S/C14H15N3O2/c1-11(16-10-12-3-2-8-15-9-12)13-4-6-14(7-5-13)17(18)19/h2-9,11,16H,10H2,1H3. The smallest absolute Gasteiger partial charge is 0.269 e. The lowest BCUT2D eigenvalue weighted by Gasteiger charge is -2.13. The fraction of sp³-hybridized carbons (Fsp3) is 0.214. The summed E-state index contributed by atoms with van der Waals surface area (Å²) < 4.78 is 0. The first-order valence-electron chi connectivity index (χ1n) is 6.03. The van der Waals surface area contributed by atoms with Crippen molar-refractivity contribution < 1.29 is 4.92 Å². The van der Waals surface area contributed by atoms with Crippen molar-refractivity contribution >= 4 is 5.69 Å². The lowest BCUT2D eigenvalue weighted by atomic mass is 10.1. The minimum atomic E-state index is -0.391. The van der Waals surface area contributed by atoms with Gasteiger partial charge in [-0.3, -0.25) is 15.1 Å². The largest absolute Gasteiger partial charge is 0.306 e. The molecule has 0 aliphatic carbocycles. The first kappa shape index (κ1) is 13.2. The van der Waals surface area contributed by atoms with Crippen LogP contribution in [0.2, 0.25) is 0 Å². The number of benzene rings is 1. The Hall–Kier alpha value is -2.27. The quantitative estimate of drug-likeness (QED) is 0.660. The van der Waals surface area contributed by atoms with Crippen LogP contribution in [0, 0.1) is 10.1 Å². The van der Waals surface area contributed by atoms with E-state index in [0.29, 0.717) is 6.54 Å². The molecule has 0 saturated heterocycles. The van der Waals surface area contributed by atoms with Gasteiger partial charge in [0.25, 0.3) is 5.69 Å². The highest BCUT2D eigenvalue weighted by molar-refractivity contribution is 5.34. The van der Waals surface area contributed by atoms with Crippen LogP contribution in [-0.4, -0.2) is 9.91 Å². The third-order valence-corrected chi connectivity index (χ3v) is 2.94. The lowest BCUT2D eigenvalue weighted by Crippen LogP contribution is -2.18. The van der Waals surface area contributed by atoms with Crippen molar-refractivity contribution in [2.24, 2.45) is 0 Å². The van der Waals surface area contributed by atoms with Gasteiger partial charge in [-0.05, 0) is 24.1 Å². The molecule has 5 nitrogen and oxygen atoms in total. The molecular formula is C14H15N3O2. The molecule has 1 heterocycles. The molecule has 2 rings (SSSR count). The van der Waals surface area contributed by atoms with E-state index in [4.69, 9.17) is 0 Å². The van der Waals surface area contributed by atoms with Crippen molar-refractivity contribution in [3.05, 3.63) is 70.0 Å². The third kappa shape index (κ3) is 3.59. The highest BCUT2D eigenvalue weighted by Gasteiger charge is 2.08. The molecule has 19 heavy (non-hydrogen) atoms. The van der Waals surface area contributed by atoms with E-state index in [2.05, 4.69) is 10.3 Å². The topological polar surface area (TPSA) is 68.1 Å². The van der Waals surface area contributed by atoms with Crippen LogP contribution in [0.1, 0.15) is 24.1 Å². The number of aromatic nitrogens is 1. The van der Waals surface area contributed by atoms with Gasteiger partial charge in [0.2, 0.25) is 0 Å². The number of hydrogen-bond donors (Lipinski definition) is 1. The Morgan fingerprint density at radius 2 is 2.05 bits per heavy atom. The molecule has 98 valence electrons. The molecule has 0 aliphatic heterocycles. The predicted molar refractivity (Wildman–Crippen MR) is 72.6 cm³/mol. The average Bonchev–Trinajstić information content (AvgIpc) is 2.46. The van der Waals surface area contributed by atoms with E-state index >= 15 is 0 Å². The minimum Gasteiger partial charge on any atom is -0.306 e. The van der Waals surface area contributed by atoms with Crippen LogP contribution >= 0.6 is 0 Å². The van der Waals surface area contributed by atoms with Gasteiger partial charge < -0.3 is 5.32 Å². The Morgan fingerprint density at radius 3 is 2.63 bits per heavy atom. The summed E-state index contributed by atoms with van der Waals surface area (Å²) in [6, 6.07) is 10.6. The second-order valence-corrected chi connectivity index (χ2v) is 4.31. The fourth-order valence-electron chi connectivity index (χ4n) is 1.78. The van der Waals surface area contributed by atoms with Gasteiger partial charge in [0.1, 0.15) is 0 Å². The molecule has 1 aromatic carbocycles. The molecule has 1 N–H and O–H groups in total. The van der Waals surface area contributed by atoms with Crippen molar-refractivity contribution in [2.75, 3.05) is 0 Å². The van der Waals surface area contributed by atoms with E-state index in [1.165, 1.54) is 12.1 Å². The van der Waals surface area contributed by atoms with Crippen molar-refractivity contribution in [3.63, 3.8) is 0 Å². The molecule has 5 heteroatoms. The van der Waals surface area contributed by atoms with Crippen LogP contribution in [0.3, 0.4) is 0 Å². The van der Waals surface area contributed by atoms with Crippen LogP contribution in [-0.2, 0) is 6.54 Å². The zero-order valence-corrected chi connectivity index (χ0v) is 10.6. The number of hydrogen-bond acceptors (Lipinski definition) is 4. The van der Waals surface area contributed by atoms with Crippen LogP contribution in [0.4, 0.5) is 5.69 Å². The highest BCUT2D eigenvalue weighted by Crippen LogP contribution is 2.17. The van der Waals surface area contributed by atoms with Gasteiger partial charge in [0.05, 0.1) is 4.92 Å². The van der Waals surface area contributed by atoms with E-state index in [9.17, 15) is 10.1 Å². The van der Waals surface area contributed by atoms with Crippen molar-refractivity contribution in [2.45, 2.75) is 19.5 Å². The number of nitrogens with one attached hydrogen (secondary N) is 1. The van der Waals surface area contributed by atoms with Crippen LogP contribution in [0.5, 0.6) is 0 Å².